The molecule has 0 aliphatic rings. The summed E-state index contributed by atoms with van der Waals surface area (Å²) in [4.78, 5) is 15.7. The molecule has 0 amide bonds. The molecule has 0 bridgehead atoms. The zero-order chi connectivity index (χ0) is 17.2. The number of benzene rings is 1. The smallest absolute Gasteiger partial charge is 0.338 e. The van der Waals surface area contributed by atoms with Gasteiger partial charge in [-0.1, -0.05) is 11.2 Å². The van der Waals surface area contributed by atoms with Crippen LogP contribution < -0.4 is 4.72 Å². The van der Waals surface area contributed by atoms with Crippen LogP contribution >= 0.6 is 0 Å². The van der Waals surface area contributed by atoms with Gasteiger partial charge in [0.15, 0.2) is 5.82 Å². The van der Waals surface area contributed by atoms with Gasteiger partial charge in [-0.3, -0.25) is 0 Å². The van der Waals surface area contributed by atoms with Crippen LogP contribution in [0, 0.1) is 13.8 Å². The predicted octanol–water partition coefficient (Wildman–Crippen LogP) is 1.51. The maximum Gasteiger partial charge on any atom is 0.338 e. The molecular formula is C14H17N3O5S. The number of nitrogens with zero attached hydrogens (tertiary/aromatic N) is 2. The van der Waals surface area contributed by atoms with Crippen LogP contribution in [0.15, 0.2) is 27.6 Å². The lowest BCUT2D eigenvalue weighted by atomic mass is 10.1. The Bertz CT molecular complexity index is 829. The Morgan fingerprint density at radius 1 is 1.35 bits per heavy atom. The predicted molar refractivity (Wildman–Crippen MR) is 80.3 cm³/mol. The number of nitrogens with one attached hydrogen (secondary N) is 1. The lowest BCUT2D eigenvalue weighted by Gasteiger charge is -2.14. The number of hydrogen-bond acceptors (Lipinski definition) is 7. The summed E-state index contributed by atoms with van der Waals surface area (Å²) in [6, 6.07) is 3.69. The van der Waals surface area contributed by atoms with E-state index in [1.54, 1.807) is 20.8 Å². The number of methoxy groups -OCH3 is 1. The fraction of sp³-hybridized carbons (Fsp3) is 0.357. The number of aromatic nitrogens is 2. The number of carbonyl (C=O) groups excluding carboxylic acids is 1. The molecule has 0 aliphatic carbocycles. The monoisotopic (exact) mass is 339 g/mol. The fourth-order valence-electron chi connectivity index (χ4n) is 2.07. The number of aryl methyl sites for hydroxylation is 1. The third-order valence-corrected chi connectivity index (χ3v) is 4.91. The summed E-state index contributed by atoms with van der Waals surface area (Å²) in [6.45, 7) is 4.77. The van der Waals surface area contributed by atoms with Crippen molar-refractivity contribution in [2.24, 2.45) is 0 Å². The van der Waals surface area contributed by atoms with Crippen LogP contribution in [0.3, 0.4) is 0 Å². The molecule has 2 rings (SSSR count). The van der Waals surface area contributed by atoms with Crippen molar-refractivity contribution in [3.63, 3.8) is 0 Å². The summed E-state index contributed by atoms with van der Waals surface area (Å²) < 4.78 is 37.2. The average molecular weight is 339 g/mol. The zero-order valence-corrected chi connectivity index (χ0v) is 14.0. The van der Waals surface area contributed by atoms with Gasteiger partial charge >= 0.3 is 5.97 Å². The van der Waals surface area contributed by atoms with Crippen molar-refractivity contribution in [3.05, 3.63) is 41.0 Å². The first-order chi connectivity index (χ1) is 10.8. The molecule has 9 heteroatoms. The van der Waals surface area contributed by atoms with Crippen molar-refractivity contribution in [2.75, 3.05) is 7.11 Å². The zero-order valence-electron chi connectivity index (χ0n) is 13.2. The molecule has 0 fully saturated rings. The Morgan fingerprint density at radius 2 is 2.04 bits per heavy atom. The summed E-state index contributed by atoms with van der Waals surface area (Å²) >= 11 is 0. The second-order valence-electron chi connectivity index (χ2n) is 4.94. The van der Waals surface area contributed by atoms with Gasteiger partial charge in [-0.05, 0) is 38.5 Å². The summed E-state index contributed by atoms with van der Waals surface area (Å²) in [6.07, 6.45) is 0. The van der Waals surface area contributed by atoms with Crippen molar-refractivity contribution >= 4 is 16.0 Å². The highest BCUT2D eigenvalue weighted by atomic mass is 32.2. The highest BCUT2D eigenvalue weighted by Crippen LogP contribution is 2.22. The molecule has 0 aliphatic heterocycles. The topological polar surface area (TPSA) is 111 Å². The molecule has 124 valence electrons. The van der Waals surface area contributed by atoms with E-state index >= 15 is 0 Å². The minimum absolute atomic E-state index is 0.0107. The molecule has 0 radical (unpaired) electrons. The van der Waals surface area contributed by atoms with E-state index in [1.165, 1.54) is 25.3 Å². The van der Waals surface area contributed by atoms with Gasteiger partial charge in [0.2, 0.25) is 15.9 Å². The van der Waals surface area contributed by atoms with Crippen LogP contribution in [-0.2, 0) is 14.8 Å². The van der Waals surface area contributed by atoms with Gasteiger partial charge in [-0.25, -0.2) is 13.2 Å². The Balaban J connectivity index is 2.35. The fourth-order valence-corrected chi connectivity index (χ4v) is 3.54. The Morgan fingerprint density at radius 3 is 2.61 bits per heavy atom. The minimum Gasteiger partial charge on any atom is -0.465 e. The molecule has 1 heterocycles. The third-order valence-electron chi connectivity index (χ3n) is 3.22. The number of ether oxygens (including phenoxy) is 1. The average Bonchev–Trinajstić information content (AvgIpc) is 2.93. The van der Waals surface area contributed by atoms with Crippen LogP contribution in [0.1, 0.15) is 40.6 Å². The molecule has 0 saturated heterocycles. The van der Waals surface area contributed by atoms with Crippen LogP contribution in [0.5, 0.6) is 0 Å². The van der Waals surface area contributed by atoms with Gasteiger partial charge in [0.1, 0.15) is 0 Å². The largest absolute Gasteiger partial charge is 0.465 e. The molecule has 0 unspecified atom stereocenters. The molecule has 1 aromatic carbocycles. The lowest BCUT2D eigenvalue weighted by molar-refractivity contribution is 0.0599. The van der Waals surface area contributed by atoms with Crippen molar-refractivity contribution in [1.82, 2.24) is 14.9 Å². The van der Waals surface area contributed by atoms with Crippen molar-refractivity contribution in [3.8, 4) is 0 Å². The minimum atomic E-state index is -3.88. The molecule has 0 saturated carbocycles. The standard InChI is InChI=1S/C14H17N3O5S/c1-8-11(14(18)21-4)6-5-7-12(8)23(19,20)17-9(2)13-15-10(3)16-22-13/h5-7,9,17H,1-4H3/t9-/m1/s1. The molecule has 2 aromatic rings. The van der Waals surface area contributed by atoms with Crippen LogP contribution in [0.25, 0.3) is 0 Å². The van der Waals surface area contributed by atoms with E-state index in [2.05, 4.69) is 19.6 Å². The van der Waals surface area contributed by atoms with Crippen molar-refractivity contribution in [2.45, 2.75) is 31.7 Å². The van der Waals surface area contributed by atoms with E-state index in [0.29, 0.717) is 11.4 Å². The van der Waals surface area contributed by atoms with E-state index < -0.39 is 22.0 Å². The van der Waals surface area contributed by atoms with Crippen LogP contribution in [0.4, 0.5) is 0 Å². The normalized spacial score (nSPS) is 12.9. The number of rotatable bonds is 5. The first-order valence-electron chi connectivity index (χ1n) is 6.76. The van der Waals surface area contributed by atoms with E-state index in [1.807, 2.05) is 0 Å². The number of sulfonamides is 1. The molecule has 1 N–H and O–H groups in total. The number of carbonyl (C=O) groups is 1. The summed E-state index contributed by atoms with van der Waals surface area (Å²) in [5.41, 5.74) is 0.498. The van der Waals surface area contributed by atoms with Gasteiger partial charge in [0.05, 0.1) is 23.6 Å². The second kappa shape index (κ2) is 6.47. The van der Waals surface area contributed by atoms with Gasteiger partial charge in [-0.15, -0.1) is 0 Å². The third kappa shape index (κ3) is 3.57. The van der Waals surface area contributed by atoms with Gasteiger partial charge in [-0.2, -0.15) is 9.71 Å². The Kier molecular flexibility index (Phi) is 4.81. The van der Waals surface area contributed by atoms with Gasteiger partial charge < -0.3 is 9.26 Å². The Hall–Kier alpha value is -2.26. The van der Waals surface area contributed by atoms with Gasteiger partial charge in [0.25, 0.3) is 0 Å². The number of hydrogen-bond donors (Lipinski definition) is 1. The SMILES string of the molecule is COC(=O)c1cccc(S(=O)(=O)N[C@H](C)c2nc(C)no2)c1C. The maximum absolute atomic E-state index is 12.6. The second-order valence-corrected chi connectivity index (χ2v) is 6.63. The van der Waals surface area contributed by atoms with E-state index in [0.717, 1.165) is 0 Å². The summed E-state index contributed by atoms with van der Waals surface area (Å²) in [7, 11) is -2.64. The molecule has 1 atom stereocenters. The Labute approximate surface area is 133 Å². The van der Waals surface area contributed by atoms with Crippen molar-refractivity contribution in [1.29, 1.82) is 0 Å². The van der Waals surface area contributed by atoms with E-state index in [-0.39, 0.29) is 16.3 Å². The molecule has 8 nitrogen and oxygen atoms in total. The van der Waals surface area contributed by atoms with Crippen molar-refractivity contribution < 1.29 is 22.5 Å². The summed E-state index contributed by atoms with van der Waals surface area (Å²) in [5.74, 6) is -0.0251. The van der Waals surface area contributed by atoms with Crippen LogP contribution in [-0.4, -0.2) is 31.6 Å². The molecule has 23 heavy (non-hydrogen) atoms. The summed E-state index contributed by atoms with van der Waals surface area (Å²) in [5, 5.41) is 3.62. The molecular weight excluding hydrogens is 322 g/mol. The highest BCUT2D eigenvalue weighted by Gasteiger charge is 2.25. The molecule has 0 spiro atoms. The highest BCUT2D eigenvalue weighted by molar-refractivity contribution is 7.89. The molecule has 1 aromatic heterocycles. The number of esters is 1. The van der Waals surface area contributed by atoms with E-state index in [9.17, 15) is 13.2 Å². The van der Waals surface area contributed by atoms with E-state index in [4.69, 9.17) is 4.52 Å². The first kappa shape index (κ1) is 17.1. The van der Waals surface area contributed by atoms with Crippen LogP contribution in [0.2, 0.25) is 0 Å². The maximum atomic E-state index is 12.6. The van der Waals surface area contributed by atoms with Gasteiger partial charge in [0, 0.05) is 0 Å². The quantitative estimate of drug-likeness (QED) is 0.822. The lowest BCUT2D eigenvalue weighted by Crippen LogP contribution is -2.28. The first-order valence-corrected chi connectivity index (χ1v) is 8.25.